The minimum Gasteiger partial charge on any atom is -0.369 e. The summed E-state index contributed by atoms with van der Waals surface area (Å²) in [6.45, 7) is 4.94. The Morgan fingerprint density at radius 2 is 1.94 bits per heavy atom. The van der Waals surface area contributed by atoms with E-state index in [4.69, 9.17) is 0 Å². The first-order valence-electron chi connectivity index (χ1n) is 11.0. The second-order valence-corrected chi connectivity index (χ2v) is 8.14. The summed E-state index contributed by atoms with van der Waals surface area (Å²) < 4.78 is 0. The Morgan fingerprint density at radius 3 is 2.68 bits per heavy atom. The lowest BCUT2D eigenvalue weighted by Gasteiger charge is -2.16. The van der Waals surface area contributed by atoms with Gasteiger partial charge in [0.05, 0.1) is 16.8 Å². The van der Waals surface area contributed by atoms with Gasteiger partial charge in [0.25, 0.3) is 5.91 Å². The number of aromatic nitrogens is 4. The molecule has 34 heavy (non-hydrogen) atoms. The first kappa shape index (κ1) is 23.4. The van der Waals surface area contributed by atoms with Crippen molar-refractivity contribution in [2.45, 2.75) is 12.8 Å². The van der Waals surface area contributed by atoms with Crippen LogP contribution in [-0.2, 0) is 0 Å². The lowest BCUT2D eigenvalue weighted by molar-refractivity contribution is 0.0964. The van der Waals surface area contributed by atoms with Crippen LogP contribution in [0.15, 0.2) is 61.2 Å². The van der Waals surface area contributed by atoms with Gasteiger partial charge >= 0.3 is 0 Å². The molecule has 174 valence electrons. The highest BCUT2D eigenvalue weighted by Gasteiger charge is 2.19. The monoisotopic (exact) mass is 473 g/mol. The Balaban J connectivity index is 0.00000274. The molecule has 1 fully saturated rings. The third-order valence-electron chi connectivity index (χ3n) is 5.88. The molecule has 1 saturated heterocycles. The zero-order chi connectivity index (χ0) is 22.8. The van der Waals surface area contributed by atoms with Crippen molar-refractivity contribution in [1.82, 2.24) is 25.3 Å². The molecular weight excluding hydrogens is 446 g/mol. The number of para-hydroxylation sites is 1. The molecule has 3 aromatic heterocycles. The summed E-state index contributed by atoms with van der Waals surface area (Å²) in [5.74, 6) is 1.79. The first-order valence-corrected chi connectivity index (χ1v) is 11.0. The van der Waals surface area contributed by atoms with Crippen molar-refractivity contribution in [3.8, 4) is 11.3 Å². The highest BCUT2D eigenvalue weighted by molar-refractivity contribution is 7.59. The topological polar surface area (TPSA) is 95.7 Å². The molecule has 1 aliphatic heterocycles. The second kappa shape index (κ2) is 10.0. The predicted molar refractivity (Wildman–Crippen MR) is 140 cm³/mol. The summed E-state index contributed by atoms with van der Waals surface area (Å²) >= 11 is 0. The smallest absolute Gasteiger partial charge is 0.251 e. The van der Waals surface area contributed by atoms with Crippen LogP contribution < -0.4 is 15.5 Å². The molecule has 0 bridgehead atoms. The number of hydrogen-bond acceptors (Lipinski definition) is 7. The van der Waals surface area contributed by atoms with Crippen molar-refractivity contribution >= 4 is 41.9 Å². The van der Waals surface area contributed by atoms with E-state index in [9.17, 15) is 4.79 Å². The van der Waals surface area contributed by atoms with Gasteiger partial charge in [-0.25, -0.2) is 15.0 Å². The lowest BCUT2D eigenvalue weighted by atomic mass is 9.96. The van der Waals surface area contributed by atoms with Crippen molar-refractivity contribution in [2.24, 2.45) is 0 Å². The Labute approximate surface area is 205 Å². The van der Waals surface area contributed by atoms with Crippen molar-refractivity contribution in [2.75, 3.05) is 36.9 Å². The van der Waals surface area contributed by atoms with E-state index >= 15 is 0 Å². The number of pyridine rings is 2. The van der Waals surface area contributed by atoms with E-state index in [0.29, 0.717) is 12.1 Å². The van der Waals surface area contributed by atoms with Crippen LogP contribution in [0.1, 0.15) is 28.8 Å². The number of nitrogens with zero attached hydrogens (tertiary/aromatic N) is 5. The molecule has 2 N–H and O–H groups in total. The molecule has 0 aliphatic carbocycles. The molecule has 1 aliphatic rings. The van der Waals surface area contributed by atoms with E-state index in [1.165, 1.54) is 0 Å². The van der Waals surface area contributed by atoms with Gasteiger partial charge in [0.1, 0.15) is 18.0 Å². The number of anilines is 2. The normalized spacial score (nSPS) is 13.2. The predicted octanol–water partition coefficient (Wildman–Crippen LogP) is 3.59. The third kappa shape index (κ3) is 4.79. The molecule has 4 heterocycles. The quantitative estimate of drug-likeness (QED) is 0.396. The van der Waals surface area contributed by atoms with Crippen molar-refractivity contribution < 1.29 is 4.79 Å². The van der Waals surface area contributed by atoms with Crippen LogP contribution in [0.3, 0.4) is 0 Å². The van der Waals surface area contributed by atoms with Crippen molar-refractivity contribution in [1.29, 1.82) is 0 Å². The van der Waals surface area contributed by atoms with Crippen LogP contribution in [0, 0.1) is 0 Å². The summed E-state index contributed by atoms with van der Waals surface area (Å²) in [6, 6.07) is 13.7. The van der Waals surface area contributed by atoms with Crippen LogP contribution in [0.4, 0.5) is 11.6 Å². The molecule has 9 heteroatoms. The largest absolute Gasteiger partial charge is 0.369 e. The molecule has 1 aromatic carbocycles. The van der Waals surface area contributed by atoms with Gasteiger partial charge in [-0.3, -0.25) is 9.78 Å². The number of fused-ring (bicyclic) bond motifs is 1. The number of carbonyl (C=O) groups excluding carboxylic acids is 1. The summed E-state index contributed by atoms with van der Waals surface area (Å²) in [4.78, 5) is 32.3. The van der Waals surface area contributed by atoms with E-state index in [-0.39, 0.29) is 25.3 Å². The molecule has 0 unspecified atom stereocenters. The molecule has 0 spiro atoms. The molecule has 1 atom stereocenters. The van der Waals surface area contributed by atoms with Crippen molar-refractivity contribution in [3.63, 3.8) is 0 Å². The molecular formula is C25H27N7OS. The third-order valence-corrected chi connectivity index (χ3v) is 5.88. The van der Waals surface area contributed by atoms with Crippen LogP contribution in [-0.4, -0.2) is 52.5 Å². The minimum absolute atomic E-state index is 0. The van der Waals surface area contributed by atoms with Gasteiger partial charge in [-0.1, -0.05) is 25.1 Å². The number of hydrogen-bond donors (Lipinski definition) is 2. The van der Waals surface area contributed by atoms with Gasteiger partial charge in [0, 0.05) is 62.0 Å². The van der Waals surface area contributed by atoms with Gasteiger partial charge in [0.15, 0.2) is 0 Å². The van der Waals surface area contributed by atoms with E-state index in [2.05, 4.69) is 48.5 Å². The van der Waals surface area contributed by atoms with Gasteiger partial charge in [-0.05, 0) is 23.8 Å². The Hall–Kier alpha value is -3.72. The van der Waals surface area contributed by atoms with Crippen LogP contribution >= 0.6 is 13.5 Å². The fourth-order valence-electron chi connectivity index (χ4n) is 3.91. The molecule has 4 aromatic rings. The molecule has 0 radical (unpaired) electrons. The van der Waals surface area contributed by atoms with E-state index in [1.807, 2.05) is 36.5 Å². The summed E-state index contributed by atoms with van der Waals surface area (Å²) in [5, 5.41) is 6.97. The second-order valence-electron chi connectivity index (χ2n) is 8.14. The highest BCUT2D eigenvalue weighted by Crippen LogP contribution is 2.27. The number of rotatable bonds is 7. The minimum atomic E-state index is -0.115. The summed E-state index contributed by atoms with van der Waals surface area (Å²) in [5.41, 5.74) is 4.33. The van der Waals surface area contributed by atoms with Gasteiger partial charge in [0.2, 0.25) is 0 Å². The van der Waals surface area contributed by atoms with Gasteiger partial charge in [-0.2, -0.15) is 13.5 Å². The van der Waals surface area contributed by atoms with Crippen LogP contribution in [0.25, 0.3) is 22.2 Å². The fourth-order valence-corrected chi connectivity index (χ4v) is 3.91. The van der Waals surface area contributed by atoms with Crippen molar-refractivity contribution in [3.05, 3.63) is 72.3 Å². The highest BCUT2D eigenvalue weighted by atomic mass is 32.1. The molecule has 0 saturated carbocycles. The average molecular weight is 474 g/mol. The number of carbonyl (C=O) groups is 1. The summed E-state index contributed by atoms with van der Waals surface area (Å²) in [7, 11) is 1.64. The molecule has 8 nitrogen and oxygen atoms in total. The van der Waals surface area contributed by atoms with Crippen LogP contribution in [0.2, 0.25) is 0 Å². The van der Waals surface area contributed by atoms with Gasteiger partial charge < -0.3 is 15.5 Å². The van der Waals surface area contributed by atoms with E-state index in [0.717, 1.165) is 52.4 Å². The zero-order valence-corrected chi connectivity index (χ0v) is 20.1. The Kier molecular flexibility index (Phi) is 6.93. The van der Waals surface area contributed by atoms with Gasteiger partial charge in [-0.15, -0.1) is 0 Å². The fraction of sp³-hybridized carbons (Fsp3) is 0.240. The maximum atomic E-state index is 12.3. The number of amides is 1. The maximum Gasteiger partial charge on any atom is 0.251 e. The average Bonchev–Trinajstić information content (AvgIpc) is 3.72. The standard InChI is InChI=1S/C25H25N7O.H2S/c1-16(18-4-3-5-19-20(25(33)26-2)8-9-27-24(18)19)13-28-22-12-21(30-15-31-22)17-6-7-23(29-14-17)32-10-11-32;/h3-9,12,14-16H,10-11,13H2,1-2H3,(H,26,33)(H,28,30,31);1H2/t16-;/m1./s1. The van der Waals surface area contributed by atoms with Crippen LogP contribution in [0.5, 0.6) is 0 Å². The SMILES string of the molecule is CNC(=O)c1ccnc2c([C@H](C)CNc3cc(-c4ccc(N5CC5)nc4)ncn3)cccc12.S. The maximum absolute atomic E-state index is 12.3. The molecule has 5 rings (SSSR count). The van der Waals surface area contributed by atoms with E-state index < -0.39 is 0 Å². The Bertz CT molecular complexity index is 1310. The van der Waals surface area contributed by atoms with E-state index in [1.54, 1.807) is 25.6 Å². The summed E-state index contributed by atoms with van der Waals surface area (Å²) in [6.07, 6.45) is 5.11. The number of nitrogens with one attached hydrogen (secondary N) is 2. The Morgan fingerprint density at radius 1 is 1.09 bits per heavy atom. The molecule has 1 amide bonds. The number of benzene rings is 1. The first-order chi connectivity index (χ1) is 16.1. The zero-order valence-electron chi connectivity index (χ0n) is 19.1. The lowest BCUT2D eigenvalue weighted by Crippen LogP contribution is -2.18.